The predicted octanol–water partition coefficient (Wildman–Crippen LogP) is 3.49. The van der Waals surface area contributed by atoms with E-state index in [1.807, 2.05) is 0 Å². The molecule has 0 bridgehead atoms. The van der Waals surface area contributed by atoms with Crippen LogP contribution in [-0.4, -0.2) is 42.1 Å². The number of Topliss-reactive ketones (excluding diaryl/α,β-unsaturated/α-hetero) is 1. The van der Waals surface area contributed by atoms with Gasteiger partial charge in [-0.3, -0.25) is 9.59 Å². The van der Waals surface area contributed by atoms with Gasteiger partial charge in [-0.1, -0.05) is 12.1 Å². The average Bonchev–Trinajstić information content (AvgIpc) is 3.71. The minimum Gasteiger partial charge on any atom is -0.507 e. The summed E-state index contributed by atoms with van der Waals surface area (Å²) in [6.07, 6.45) is 0. The monoisotopic (exact) mass is 501 g/mol. The molecule has 37 heavy (non-hydrogen) atoms. The van der Waals surface area contributed by atoms with E-state index in [9.17, 15) is 14.7 Å². The predicted molar refractivity (Wildman–Crippen MR) is 126 cm³/mol. The first-order valence-corrected chi connectivity index (χ1v) is 11.5. The van der Waals surface area contributed by atoms with Gasteiger partial charge in [-0.2, -0.15) is 0 Å². The molecule has 0 saturated carbocycles. The zero-order valence-corrected chi connectivity index (χ0v) is 19.3. The van der Waals surface area contributed by atoms with Crippen molar-refractivity contribution in [2.24, 2.45) is 0 Å². The van der Waals surface area contributed by atoms with Crippen molar-refractivity contribution in [1.29, 1.82) is 0 Å². The Balaban J connectivity index is 1.34. The summed E-state index contributed by atoms with van der Waals surface area (Å²) in [5.74, 6) is 1.37. The highest BCUT2D eigenvalue weighted by molar-refractivity contribution is 6.46. The van der Waals surface area contributed by atoms with Crippen LogP contribution in [0.2, 0.25) is 0 Å². The van der Waals surface area contributed by atoms with E-state index in [0.29, 0.717) is 45.6 Å². The van der Waals surface area contributed by atoms with Crippen LogP contribution in [0.3, 0.4) is 0 Å². The maximum atomic E-state index is 13.4. The first-order chi connectivity index (χ1) is 18.1. The topological polar surface area (TPSA) is 113 Å². The van der Waals surface area contributed by atoms with Crippen LogP contribution in [0.5, 0.6) is 34.5 Å². The van der Waals surface area contributed by atoms with Crippen LogP contribution in [-0.2, 0) is 16.1 Å². The molecule has 1 unspecified atom stereocenters. The van der Waals surface area contributed by atoms with Crippen molar-refractivity contribution >= 4 is 17.4 Å². The molecule has 0 aliphatic carbocycles. The van der Waals surface area contributed by atoms with E-state index in [2.05, 4.69) is 0 Å². The average molecular weight is 501 g/mol. The smallest absolute Gasteiger partial charge is 0.295 e. The number of hydrogen-bond acceptors (Lipinski definition) is 9. The summed E-state index contributed by atoms with van der Waals surface area (Å²) in [5.41, 5.74) is 1.62. The van der Waals surface area contributed by atoms with Gasteiger partial charge in [0.25, 0.3) is 11.7 Å². The van der Waals surface area contributed by atoms with Crippen LogP contribution in [0.4, 0.5) is 0 Å². The lowest BCUT2D eigenvalue weighted by Crippen LogP contribution is -2.29. The van der Waals surface area contributed by atoms with Crippen LogP contribution >= 0.6 is 0 Å². The second-order valence-electron chi connectivity index (χ2n) is 8.80. The second kappa shape index (κ2) is 8.09. The van der Waals surface area contributed by atoms with Gasteiger partial charge in [-0.15, -0.1) is 0 Å². The second-order valence-corrected chi connectivity index (χ2v) is 8.80. The van der Waals surface area contributed by atoms with Crippen molar-refractivity contribution in [3.8, 4) is 34.5 Å². The highest BCUT2D eigenvalue weighted by Gasteiger charge is 2.46. The number of hydrogen-bond donors (Lipinski definition) is 1. The van der Waals surface area contributed by atoms with Crippen LogP contribution in [0.15, 0.2) is 60.2 Å². The number of nitrogens with zero attached hydrogens (tertiary/aromatic N) is 1. The molecule has 10 nitrogen and oxygen atoms in total. The summed E-state index contributed by atoms with van der Waals surface area (Å²) in [5, 5.41) is 11.4. The molecule has 3 aromatic rings. The van der Waals surface area contributed by atoms with E-state index >= 15 is 0 Å². The van der Waals surface area contributed by atoms with Gasteiger partial charge in [-0.25, -0.2) is 0 Å². The van der Waals surface area contributed by atoms with Gasteiger partial charge in [0.15, 0.2) is 34.5 Å². The third kappa shape index (κ3) is 3.40. The molecule has 4 heterocycles. The van der Waals surface area contributed by atoms with E-state index in [4.69, 9.17) is 28.4 Å². The van der Waals surface area contributed by atoms with Crippen LogP contribution in [0.25, 0.3) is 5.76 Å². The van der Waals surface area contributed by atoms with Crippen molar-refractivity contribution < 1.29 is 43.1 Å². The standard InChI is InChI=1S/C27H19NO9/c29-25(16-3-6-19-22(9-16)37-13-34-19)23-24(15-2-5-18-21(8-15)36-12-33-18)28(27(31)26(23)30)10-14-1-4-17-20(7-14)35-11-32-17/h1-9,24,29H,10-13H2. The number of carbonyl (C=O) groups is 2. The van der Waals surface area contributed by atoms with Gasteiger partial charge in [0.1, 0.15) is 5.76 Å². The van der Waals surface area contributed by atoms with E-state index in [0.717, 1.165) is 5.56 Å². The fraction of sp³-hybridized carbons (Fsp3) is 0.185. The molecule has 1 N–H and O–H groups in total. The molecule has 0 aromatic heterocycles. The minimum absolute atomic E-state index is 0.0385. The first-order valence-electron chi connectivity index (χ1n) is 11.5. The first kappa shape index (κ1) is 21.4. The molecule has 4 aliphatic heterocycles. The highest BCUT2D eigenvalue weighted by atomic mass is 16.7. The Kier molecular flexibility index (Phi) is 4.68. The molecule has 1 fully saturated rings. The maximum Gasteiger partial charge on any atom is 0.295 e. The lowest BCUT2D eigenvalue weighted by atomic mass is 9.94. The number of aliphatic hydroxyl groups excluding tert-OH is 1. The summed E-state index contributed by atoms with van der Waals surface area (Å²) in [6.45, 7) is 0.359. The summed E-state index contributed by atoms with van der Waals surface area (Å²) >= 11 is 0. The Labute approximate surface area is 210 Å². The maximum absolute atomic E-state index is 13.4. The number of fused-ring (bicyclic) bond motifs is 3. The molecule has 7 rings (SSSR count). The molecule has 3 aromatic carbocycles. The van der Waals surface area contributed by atoms with Gasteiger partial charge in [0.05, 0.1) is 11.6 Å². The molecule has 1 amide bonds. The molecule has 0 radical (unpaired) electrons. The fourth-order valence-electron chi connectivity index (χ4n) is 4.91. The zero-order chi connectivity index (χ0) is 25.1. The number of benzene rings is 3. The molecule has 186 valence electrons. The van der Waals surface area contributed by atoms with Gasteiger partial charge in [0.2, 0.25) is 20.4 Å². The lowest BCUT2D eigenvalue weighted by Gasteiger charge is -2.25. The highest BCUT2D eigenvalue weighted by Crippen LogP contribution is 2.45. The molecule has 1 saturated heterocycles. The van der Waals surface area contributed by atoms with Gasteiger partial charge < -0.3 is 38.4 Å². The number of ketones is 1. The summed E-state index contributed by atoms with van der Waals surface area (Å²) in [6, 6.07) is 14.5. The van der Waals surface area contributed by atoms with Gasteiger partial charge >= 0.3 is 0 Å². The van der Waals surface area contributed by atoms with Crippen molar-refractivity contribution in [3.05, 3.63) is 76.9 Å². The van der Waals surface area contributed by atoms with Crippen LogP contribution in [0.1, 0.15) is 22.7 Å². The molecular weight excluding hydrogens is 482 g/mol. The van der Waals surface area contributed by atoms with Gasteiger partial charge in [-0.05, 0) is 53.6 Å². The normalized spacial score (nSPS) is 20.1. The summed E-state index contributed by atoms with van der Waals surface area (Å²) in [7, 11) is 0. The van der Waals surface area contributed by atoms with Crippen LogP contribution < -0.4 is 28.4 Å². The summed E-state index contributed by atoms with van der Waals surface area (Å²) < 4.78 is 32.6. The minimum atomic E-state index is -0.884. The number of likely N-dealkylation sites (tertiary alicyclic amines) is 1. The van der Waals surface area contributed by atoms with E-state index in [1.165, 1.54) is 4.90 Å². The lowest BCUT2D eigenvalue weighted by molar-refractivity contribution is -0.140. The Morgan fingerprint density at radius 3 is 2.00 bits per heavy atom. The Hall–Kier alpha value is -4.86. The third-order valence-electron chi connectivity index (χ3n) is 6.69. The van der Waals surface area contributed by atoms with Crippen molar-refractivity contribution in [2.75, 3.05) is 20.4 Å². The number of ether oxygens (including phenoxy) is 6. The SMILES string of the molecule is O=C1C(=O)N(Cc2ccc3c(c2)OCO3)C(c2ccc3c(c2)OCO3)C1=C(O)c1ccc2c(c1)OCO2. The van der Waals surface area contributed by atoms with Gasteiger partial charge in [0, 0.05) is 12.1 Å². The largest absolute Gasteiger partial charge is 0.507 e. The number of rotatable bonds is 4. The zero-order valence-electron chi connectivity index (χ0n) is 19.3. The van der Waals surface area contributed by atoms with E-state index in [-0.39, 0.29) is 38.3 Å². The molecular formula is C27H19NO9. The fourth-order valence-corrected chi connectivity index (χ4v) is 4.91. The van der Waals surface area contributed by atoms with Crippen molar-refractivity contribution in [1.82, 2.24) is 4.90 Å². The molecule has 10 heteroatoms. The molecule has 4 aliphatic rings. The number of aliphatic hydroxyl groups is 1. The molecule has 1 atom stereocenters. The molecule has 0 spiro atoms. The number of carbonyl (C=O) groups excluding carboxylic acids is 2. The quantitative estimate of drug-likeness (QED) is 0.326. The Bertz CT molecular complexity index is 1510. The van der Waals surface area contributed by atoms with E-state index < -0.39 is 17.7 Å². The van der Waals surface area contributed by atoms with Crippen molar-refractivity contribution in [3.63, 3.8) is 0 Å². The number of amides is 1. The summed E-state index contributed by atoms with van der Waals surface area (Å²) in [4.78, 5) is 28.2. The van der Waals surface area contributed by atoms with E-state index in [1.54, 1.807) is 54.6 Å². The van der Waals surface area contributed by atoms with Crippen molar-refractivity contribution in [2.45, 2.75) is 12.6 Å². The Morgan fingerprint density at radius 2 is 1.30 bits per heavy atom. The van der Waals surface area contributed by atoms with Crippen LogP contribution in [0, 0.1) is 0 Å². The third-order valence-corrected chi connectivity index (χ3v) is 6.69. The Morgan fingerprint density at radius 1 is 0.730 bits per heavy atom.